The molecule has 0 spiro atoms. The second kappa shape index (κ2) is 10.9. The highest BCUT2D eigenvalue weighted by Gasteiger charge is 2.50. The van der Waals surface area contributed by atoms with Gasteiger partial charge in [0.05, 0.1) is 5.92 Å². The molecule has 0 aromatic heterocycles. The molecule has 2 amide bonds. The Kier molecular flexibility index (Phi) is 8.67. The van der Waals surface area contributed by atoms with Crippen LogP contribution in [0.5, 0.6) is 0 Å². The van der Waals surface area contributed by atoms with Crippen LogP contribution >= 0.6 is 0 Å². The summed E-state index contributed by atoms with van der Waals surface area (Å²) in [4.78, 5) is 48.8. The van der Waals surface area contributed by atoms with Gasteiger partial charge in [0, 0.05) is 24.1 Å². The van der Waals surface area contributed by atoms with E-state index in [2.05, 4.69) is 10.6 Å². The van der Waals surface area contributed by atoms with Crippen LogP contribution in [0.25, 0.3) is 11.1 Å². The lowest BCUT2D eigenvalue weighted by Gasteiger charge is -2.44. The van der Waals surface area contributed by atoms with Crippen molar-refractivity contribution in [3.63, 3.8) is 0 Å². The number of anilines is 1. The summed E-state index contributed by atoms with van der Waals surface area (Å²) >= 11 is 0. The summed E-state index contributed by atoms with van der Waals surface area (Å²) in [5, 5.41) is 25.3. The third-order valence-electron chi connectivity index (χ3n) is 6.16. The minimum absolute atomic E-state index is 0.163. The molecule has 8 heteroatoms. The standard InChI is InChI=1S/C28H36N2O6/c1-16(31)29-20-14-12-18(13-15-20)17-8-10-19(11-9-17)24(32)30-23(26(35)36)21(27(2,3)4)22(25(33)34)28(5,6)7/h8-15,21-23H,1-7H3,(H,29,31)(H,30,32)(H,33,34)(H,35,36). The second-order valence-electron chi connectivity index (χ2n) is 11.2. The molecule has 3 unspecified atom stereocenters. The Morgan fingerprint density at radius 1 is 0.722 bits per heavy atom. The van der Waals surface area contributed by atoms with Crippen LogP contribution in [0.3, 0.4) is 0 Å². The van der Waals surface area contributed by atoms with E-state index in [4.69, 9.17) is 0 Å². The summed E-state index contributed by atoms with van der Waals surface area (Å²) in [6.07, 6.45) is 0. The molecule has 0 radical (unpaired) electrons. The van der Waals surface area contributed by atoms with Gasteiger partial charge in [-0.15, -0.1) is 0 Å². The molecule has 3 atom stereocenters. The zero-order valence-electron chi connectivity index (χ0n) is 21.9. The van der Waals surface area contributed by atoms with Crippen LogP contribution in [-0.4, -0.2) is 40.0 Å². The van der Waals surface area contributed by atoms with Gasteiger partial charge in [0.15, 0.2) is 0 Å². The third kappa shape index (κ3) is 7.16. The number of carbonyl (C=O) groups excluding carboxylic acids is 2. The van der Waals surface area contributed by atoms with Gasteiger partial charge in [-0.1, -0.05) is 65.8 Å². The maximum absolute atomic E-state index is 13.1. The highest BCUT2D eigenvalue weighted by Crippen LogP contribution is 2.43. The SMILES string of the molecule is CC(=O)Nc1ccc(-c2ccc(C(=O)NC(C(=O)O)C(C(C(=O)O)C(C)(C)C)C(C)(C)C)cc2)cc1. The largest absolute Gasteiger partial charge is 0.481 e. The van der Waals surface area contributed by atoms with Crippen molar-refractivity contribution in [3.8, 4) is 11.1 Å². The topological polar surface area (TPSA) is 133 Å². The van der Waals surface area contributed by atoms with Gasteiger partial charge in [-0.2, -0.15) is 0 Å². The van der Waals surface area contributed by atoms with Gasteiger partial charge in [0.1, 0.15) is 6.04 Å². The molecule has 194 valence electrons. The fourth-order valence-electron chi connectivity index (χ4n) is 4.55. The van der Waals surface area contributed by atoms with E-state index >= 15 is 0 Å². The van der Waals surface area contributed by atoms with E-state index in [1.165, 1.54) is 6.92 Å². The number of hydrogen-bond acceptors (Lipinski definition) is 4. The molecule has 0 aliphatic carbocycles. The number of carboxylic acid groups (broad SMARTS) is 2. The molecule has 36 heavy (non-hydrogen) atoms. The Labute approximate surface area is 212 Å². The van der Waals surface area contributed by atoms with Gasteiger partial charge >= 0.3 is 11.9 Å². The number of amides is 2. The molecular formula is C28H36N2O6. The van der Waals surface area contributed by atoms with Crippen LogP contribution in [0.4, 0.5) is 5.69 Å². The van der Waals surface area contributed by atoms with E-state index in [9.17, 15) is 29.4 Å². The van der Waals surface area contributed by atoms with Crippen molar-refractivity contribution in [2.45, 2.75) is 54.5 Å². The normalized spacial score (nSPS) is 14.3. The molecule has 0 aliphatic heterocycles. The summed E-state index contributed by atoms with van der Waals surface area (Å²) in [6.45, 7) is 12.1. The summed E-state index contributed by atoms with van der Waals surface area (Å²) in [5.74, 6) is -5.03. The predicted molar refractivity (Wildman–Crippen MR) is 139 cm³/mol. The highest BCUT2D eigenvalue weighted by atomic mass is 16.4. The van der Waals surface area contributed by atoms with Gasteiger partial charge in [-0.05, 0) is 46.2 Å². The molecule has 8 nitrogen and oxygen atoms in total. The Hall–Kier alpha value is -3.68. The third-order valence-corrected chi connectivity index (χ3v) is 6.16. The molecule has 4 N–H and O–H groups in total. The molecule has 0 heterocycles. The van der Waals surface area contributed by atoms with E-state index in [0.717, 1.165) is 11.1 Å². The van der Waals surface area contributed by atoms with E-state index < -0.39 is 46.6 Å². The molecule has 2 aromatic rings. The monoisotopic (exact) mass is 496 g/mol. The van der Waals surface area contributed by atoms with E-state index in [1.54, 1.807) is 77.9 Å². The zero-order chi connectivity index (χ0) is 27.4. The van der Waals surface area contributed by atoms with Gasteiger partial charge < -0.3 is 20.8 Å². The number of hydrogen-bond donors (Lipinski definition) is 4. The zero-order valence-corrected chi connectivity index (χ0v) is 21.9. The Morgan fingerprint density at radius 3 is 1.56 bits per heavy atom. The number of nitrogens with one attached hydrogen (secondary N) is 2. The van der Waals surface area contributed by atoms with Crippen molar-refractivity contribution in [2.75, 3.05) is 5.32 Å². The van der Waals surface area contributed by atoms with Crippen LogP contribution in [-0.2, 0) is 14.4 Å². The highest BCUT2D eigenvalue weighted by molar-refractivity contribution is 5.97. The van der Waals surface area contributed by atoms with Crippen LogP contribution in [0.15, 0.2) is 48.5 Å². The van der Waals surface area contributed by atoms with Crippen molar-refractivity contribution < 1.29 is 29.4 Å². The predicted octanol–water partition coefficient (Wildman–Crippen LogP) is 4.90. The Balaban J connectivity index is 2.32. The van der Waals surface area contributed by atoms with Crippen molar-refractivity contribution in [2.24, 2.45) is 22.7 Å². The maximum atomic E-state index is 13.1. The van der Waals surface area contributed by atoms with E-state index in [0.29, 0.717) is 5.69 Å². The summed E-state index contributed by atoms with van der Waals surface area (Å²) < 4.78 is 0. The smallest absolute Gasteiger partial charge is 0.326 e. The van der Waals surface area contributed by atoms with Crippen LogP contribution in [0.1, 0.15) is 58.8 Å². The molecule has 2 aromatic carbocycles. The molecule has 0 bridgehead atoms. The van der Waals surface area contributed by atoms with Gasteiger partial charge in [-0.25, -0.2) is 4.79 Å². The first-order valence-corrected chi connectivity index (χ1v) is 11.8. The summed E-state index contributed by atoms with van der Waals surface area (Å²) in [6, 6.07) is 12.5. The minimum atomic E-state index is -1.40. The minimum Gasteiger partial charge on any atom is -0.481 e. The lowest BCUT2D eigenvalue weighted by molar-refractivity contribution is -0.155. The molecule has 0 saturated heterocycles. The average Bonchev–Trinajstić information content (AvgIpc) is 2.74. The first-order chi connectivity index (χ1) is 16.5. The molecule has 0 fully saturated rings. The van der Waals surface area contributed by atoms with Crippen molar-refractivity contribution >= 4 is 29.4 Å². The number of benzene rings is 2. The van der Waals surface area contributed by atoms with Gasteiger partial charge in [0.25, 0.3) is 5.91 Å². The maximum Gasteiger partial charge on any atom is 0.326 e. The van der Waals surface area contributed by atoms with Gasteiger partial charge in [0.2, 0.25) is 5.91 Å². The van der Waals surface area contributed by atoms with E-state index in [-0.39, 0.29) is 11.5 Å². The number of carboxylic acids is 2. The molecular weight excluding hydrogens is 460 g/mol. The van der Waals surface area contributed by atoms with E-state index in [1.807, 2.05) is 12.1 Å². The van der Waals surface area contributed by atoms with Crippen molar-refractivity contribution in [1.29, 1.82) is 0 Å². The molecule has 2 rings (SSSR count). The summed E-state index contributed by atoms with van der Waals surface area (Å²) in [5.41, 5.74) is 1.18. The number of aliphatic carboxylic acids is 2. The first-order valence-electron chi connectivity index (χ1n) is 11.8. The second-order valence-corrected chi connectivity index (χ2v) is 11.2. The van der Waals surface area contributed by atoms with Gasteiger partial charge in [-0.3, -0.25) is 14.4 Å². The molecule has 0 aliphatic rings. The lowest BCUT2D eigenvalue weighted by atomic mass is 9.61. The summed E-state index contributed by atoms with van der Waals surface area (Å²) in [7, 11) is 0. The quantitative estimate of drug-likeness (QED) is 0.411. The van der Waals surface area contributed by atoms with Crippen LogP contribution < -0.4 is 10.6 Å². The number of rotatable bonds is 8. The fraction of sp³-hybridized carbons (Fsp3) is 0.429. The molecule has 0 saturated carbocycles. The Bertz CT molecular complexity index is 1110. The lowest BCUT2D eigenvalue weighted by Crippen LogP contribution is -2.56. The Morgan fingerprint density at radius 2 is 1.19 bits per heavy atom. The van der Waals surface area contributed by atoms with Crippen molar-refractivity contribution in [3.05, 3.63) is 54.1 Å². The van der Waals surface area contributed by atoms with Crippen LogP contribution in [0, 0.1) is 22.7 Å². The first kappa shape index (κ1) is 28.6. The average molecular weight is 497 g/mol. The fourth-order valence-corrected chi connectivity index (χ4v) is 4.55. The van der Waals surface area contributed by atoms with Crippen LogP contribution in [0.2, 0.25) is 0 Å². The number of carbonyl (C=O) groups is 4. The van der Waals surface area contributed by atoms with Crippen molar-refractivity contribution in [1.82, 2.24) is 5.32 Å².